The smallest absolute Gasteiger partial charge is 0.123 e. The predicted molar refractivity (Wildman–Crippen MR) is 106 cm³/mol. The van der Waals surface area contributed by atoms with Crippen molar-refractivity contribution in [2.45, 2.75) is 12.5 Å². The molecule has 1 heterocycles. The molecule has 1 atom stereocenters. The summed E-state index contributed by atoms with van der Waals surface area (Å²) in [7, 11) is 0. The Morgan fingerprint density at radius 1 is 0.778 bits per heavy atom. The normalized spacial score (nSPS) is 16.7. The molecule has 4 rings (SSSR count). The molecule has 0 N–H and O–H groups in total. The summed E-state index contributed by atoms with van der Waals surface area (Å²) in [4.78, 5) is 0. The number of benzene rings is 3. The molecular formula is C23H18F2N2. The topological polar surface area (TPSA) is 15.6 Å². The van der Waals surface area contributed by atoms with Crippen molar-refractivity contribution in [3.63, 3.8) is 0 Å². The van der Waals surface area contributed by atoms with E-state index in [4.69, 9.17) is 5.10 Å². The third-order valence-corrected chi connectivity index (χ3v) is 4.55. The largest absolute Gasteiger partial charge is 0.257 e. The average molecular weight is 360 g/mol. The van der Waals surface area contributed by atoms with Crippen LogP contribution < -0.4 is 5.01 Å². The molecule has 4 heteroatoms. The van der Waals surface area contributed by atoms with E-state index in [0.717, 1.165) is 22.5 Å². The maximum absolute atomic E-state index is 13.3. The van der Waals surface area contributed by atoms with Crippen LogP contribution in [0.4, 0.5) is 14.5 Å². The van der Waals surface area contributed by atoms with Crippen LogP contribution in [0.3, 0.4) is 0 Å². The van der Waals surface area contributed by atoms with E-state index < -0.39 is 0 Å². The summed E-state index contributed by atoms with van der Waals surface area (Å²) in [5, 5.41) is 6.74. The van der Waals surface area contributed by atoms with Crippen LogP contribution in [0.5, 0.6) is 0 Å². The fourth-order valence-electron chi connectivity index (χ4n) is 3.16. The van der Waals surface area contributed by atoms with Gasteiger partial charge < -0.3 is 0 Å². The molecular weight excluding hydrogens is 342 g/mol. The van der Waals surface area contributed by atoms with E-state index in [1.807, 2.05) is 47.5 Å². The molecule has 0 saturated heterocycles. The van der Waals surface area contributed by atoms with Crippen LogP contribution in [0.25, 0.3) is 6.08 Å². The van der Waals surface area contributed by atoms with Crippen molar-refractivity contribution < 1.29 is 8.78 Å². The van der Waals surface area contributed by atoms with Gasteiger partial charge in [0.25, 0.3) is 0 Å². The van der Waals surface area contributed by atoms with Crippen molar-refractivity contribution in [1.29, 1.82) is 0 Å². The number of nitrogens with zero attached hydrogens (tertiary/aromatic N) is 2. The Kier molecular flexibility index (Phi) is 4.79. The summed E-state index contributed by atoms with van der Waals surface area (Å²) in [6.45, 7) is 0. The van der Waals surface area contributed by atoms with Crippen molar-refractivity contribution in [2.75, 3.05) is 5.01 Å². The average Bonchev–Trinajstić information content (AvgIpc) is 3.13. The first-order valence-electron chi connectivity index (χ1n) is 8.80. The lowest BCUT2D eigenvalue weighted by atomic mass is 10.0. The van der Waals surface area contributed by atoms with Gasteiger partial charge in [0, 0.05) is 6.42 Å². The third kappa shape index (κ3) is 3.95. The van der Waals surface area contributed by atoms with E-state index in [1.165, 1.54) is 24.3 Å². The maximum Gasteiger partial charge on any atom is 0.123 e. The van der Waals surface area contributed by atoms with Crippen LogP contribution in [-0.2, 0) is 0 Å². The Bertz CT molecular complexity index is 962. The minimum Gasteiger partial charge on any atom is -0.257 e. The molecule has 0 spiro atoms. The monoisotopic (exact) mass is 360 g/mol. The summed E-state index contributed by atoms with van der Waals surface area (Å²) >= 11 is 0. The van der Waals surface area contributed by atoms with Gasteiger partial charge in [-0.1, -0.05) is 48.5 Å². The first-order chi connectivity index (χ1) is 13.2. The van der Waals surface area contributed by atoms with Crippen LogP contribution in [0.1, 0.15) is 23.6 Å². The Hall–Kier alpha value is -3.27. The highest BCUT2D eigenvalue weighted by Gasteiger charge is 2.28. The standard InChI is InChI=1S/C23H18F2N2/c24-19-11-6-17(7-12-19)8-15-21-16-23(18-9-13-20(25)14-10-18)27(26-21)22-4-2-1-3-5-22/h1-15,23H,16H2/b15-8+. The second-order valence-electron chi connectivity index (χ2n) is 6.43. The lowest BCUT2D eigenvalue weighted by molar-refractivity contribution is 0.624. The summed E-state index contributed by atoms with van der Waals surface area (Å²) in [5.41, 5.74) is 3.82. The van der Waals surface area contributed by atoms with E-state index in [-0.39, 0.29) is 17.7 Å². The zero-order valence-corrected chi connectivity index (χ0v) is 14.6. The third-order valence-electron chi connectivity index (χ3n) is 4.55. The van der Waals surface area contributed by atoms with Crippen molar-refractivity contribution in [2.24, 2.45) is 5.10 Å². The zero-order chi connectivity index (χ0) is 18.6. The van der Waals surface area contributed by atoms with E-state index in [9.17, 15) is 8.78 Å². The SMILES string of the molecule is Fc1ccc(/C=C/C2=NN(c3ccccc3)C(c3ccc(F)cc3)C2)cc1. The molecule has 3 aromatic rings. The number of hydrogen-bond donors (Lipinski definition) is 0. The molecule has 3 aromatic carbocycles. The van der Waals surface area contributed by atoms with Gasteiger partial charge in [-0.05, 0) is 53.6 Å². The molecule has 0 saturated carbocycles. The van der Waals surface area contributed by atoms with Gasteiger partial charge in [0.05, 0.1) is 17.4 Å². The fraction of sp³-hybridized carbons (Fsp3) is 0.0870. The van der Waals surface area contributed by atoms with Crippen molar-refractivity contribution in [1.82, 2.24) is 0 Å². The first kappa shape index (κ1) is 17.2. The predicted octanol–water partition coefficient (Wildman–Crippen LogP) is 5.99. The van der Waals surface area contributed by atoms with Crippen LogP contribution in [0.15, 0.2) is 90.0 Å². The lowest BCUT2D eigenvalue weighted by Gasteiger charge is -2.23. The summed E-state index contributed by atoms with van der Waals surface area (Å²) in [6.07, 6.45) is 4.58. The highest BCUT2D eigenvalue weighted by molar-refractivity contribution is 6.01. The number of allylic oxidation sites excluding steroid dienone is 1. The van der Waals surface area contributed by atoms with Gasteiger partial charge in [-0.15, -0.1) is 0 Å². The number of para-hydroxylation sites is 1. The number of rotatable bonds is 4. The van der Waals surface area contributed by atoms with Crippen molar-refractivity contribution in [3.8, 4) is 0 Å². The number of hydrogen-bond acceptors (Lipinski definition) is 2. The molecule has 0 bridgehead atoms. The minimum absolute atomic E-state index is 0.000804. The molecule has 27 heavy (non-hydrogen) atoms. The number of anilines is 1. The molecule has 1 aliphatic heterocycles. The molecule has 134 valence electrons. The van der Waals surface area contributed by atoms with Gasteiger partial charge in [0.15, 0.2) is 0 Å². The van der Waals surface area contributed by atoms with E-state index >= 15 is 0 Å². The van der Waals surface area contributed by atoms with Crippen LogP contribution in [0.2, 0.25) is 0 Å². The molecule has 1 unspecified atom stereocenters. The van der Waals surface area contributed by atoms with Gasteiger partial charge in [0.1, 0.15) is 11.6 Å². The van der Waals surface area contributed by atoms with Gasteiger partial charge in [0.2, 0.25) is 0 Å². The molecule has 0 aromatic heterocycles. The summed E-state index contributed by atoms with van der Waals surface area (Å²) in [5.74, 6) is -0.502. The molecule has 0 aliphatic carbocycles. The molecule has 1 aliphatic rings. The van der Waals surface area contributed by atoms with E-state index in [1.54, 1.807) is 24.3 Å². The summed E-state index contributed by atoms with van der Waals surface area (Å²) in [6, 6.07) is 22.8. The molecule has 0 amide bonds. The Labute approximate surface area is 157 Å². The lowest BCUT2D eigenvalue weighted by Crippen LogP contribution is -2.18. The van der Waals surface area contributed by atoms with Gasteiger partial charge >= 0.3 is 0 Å². The molecule has 2 nitrogen and oxygen atoms in total. The number of hydrazone groups is 1. The van der Waals surface area contributed by atoms with E-state index in [2.05, 4.69) is 0 Å². The van der Waals surface area contributed by atoms with Crippen molar-refractivity contribution in [3.05, 3.63) is 108 Å². The van der Waals surface area contributed by atoms with E-state index in [0.29, 0.717) is 6.42 Å². The Morgan fingerprint density at radius 2 is 1.41 bits per heavy atom. The Morgan fingerprint density at radius 3 is 2.07 bits per heavy atom. The van der Waals surface area contributed by atoms with Gasteiger partial charge in [-0.2, -0.15) is 5.10 Å². The fourth-order valence-corrected chi connectivity index (χ4v) is 3.16. The van der Waals surface area contributed by atoms with Gasteiger partial charge in [-0.25, -0.2) is 8.78 Å². The van der Waals surface area contributed by atoms with Crippen molar-refractivity contribution >= 4 is 17.5 Å². The second kappa shape index (κ2) is 7.54. The second-order valence-corrected chi connectivity index (χ2v) is 6.43. The minimum atomic E-state index is -0.253. The van der Waals surface area contributed by atoms with Gasteiger partial charge in [-0.3, -0.25) is 5.01 Å². The highest BCUT2D eigenvalue weighted by Crippen LogP contribution is 2.35. The summed E-state index contributed by atoms with van der Waals surface area (Å²) < 4.78 is 26.4. The number of halogens is 2. The quantitative estimate of drug-likeness (QED) is 0.558. The van der Waals surface area contributed by atoms with Crippen LogP contribution in [-0.4, -0.2) is 5.71 Å². The Balaban J connectivity index is 1.63. The highest BCUT2D eigenvalue weighted by atomic mass is 19.1. The zero-order valence-electron chi connectivity index (χ0n) is 14.6. The van der Waals surface area contributed by atoms with Crippen LogP contribution in [0, 0.1) is 11.6 Å². The van der Waals surface area contributed by atoms with Crippen LogP contribution >= 0.6 is 0 Å². The molecule has 0 radical (unpaired) electrons. The first-order valence-corrected chi connectivity index (χ1v) is 8.80. The molecule has 0 fully saturated rings. The maximum atomic E-state index is 13.3.